The van der Waals surface area contributed by atoms with E-state index < -0.39 is 29.0 Å². The Morgan fingerprint density at radius 2 is 1.88 bits per heavy atom. The molecule has 0 heterocycles. The SMILES string of the molecule is N#CC(O)C(O)c1ccc(C(F)(F)F)c(Cl)c1. The molecule has 0 amide bonds. The van der Waals surface area contributed by atoms with E-state index in [-0.39, 0.29) is 5.56 Å². The van der Waals surface area contributed by atoms with Crippen molar-refractivity contribution in [1.29, 1.82) is 5.26 Å². The molecule has 1 aromatic carbocycles. The van der Waals surface area contributed by atoms with Crippen LogP contribution < -0.4 is 0 Å². The maximum absolute atomic E-state index is 12.4. The molecule has 0 bridgehead atoms. The van der Waals surface area contributed by atoms with E-state index in [0.29, 0.717) is 6.07 Å². The largest absolute Gasteiger partial charge is 0.417 e. The molecule has 0 aliphatic carbocycles. The van der Waals surface area contributed by atoms with Gasteiger partial charge in [-0.3, -0.25) is 0 Å². The summed E-state index contributed by atoms with van der Waals surface area (Å²) in [6.45, 7) is 0. The Labute approximate surface area is 99.7 Å². The third kappa shape index (κ3) is 3.09. The van der Waals surface area contributed by atoms with Gasteiger partial charge in [0.05, 0.1) is 16.7 Å². The lowest BCUT2D eigenvalue weighted by atomic mass is 10.0. The number of nitriles is 1. The van der Waals surface area contributed by atoms with Crippen LogP contribution in [0, 0.1) is 11.3 Å². The Bertz CT molecular complexity index is 456. The number of halogens is 4. The third-order valence-corrected chi connectivity index (χ3v) is 2.38. The maximum atomic E-state index is 12.4. The fourth-order valence-electron chi connectivity index (χ4n) is 1.20. The summed E-state index contributed by atoms with van der Waals surface area (Å²) in [6.07, 6.45) is -7.91. The van der Waals surface area contributed by atoms with E-state index in [2.05, 4.69) is 0 Å². The number of aliphatic hydroxyl groups is 2. The first-order chi connectivity index (χ1) is 7.77. The van der Waals surface area contributed by atoms with Crippen molar-refractivity contribution in [2.24, 2.45) is 0 Å². The standard InChI is InChI=1S/C10H7ClF3NO2/c11-7-3-5(9(17)8(16)4-15)1-2-6(7)10(12,13)14/h1-3,8-9,16-17H. The summed E-state index contributed by atoms with van der Waals surface area (Å²) in [5, 5.41) is 26.2. The second-order valence-corrected chi connectivity index (χ2v) is 3.66. The molecule has 2 unspecified atom stereocenters. The van der Waals surface area contributed by atoms with Crippen molar-refractivity contribution in [1.82, 2.24) is 0 Å². The molecular weight excluding hydrogens is 259 g/mol. The smallest absolute Gasteiger partial charge is 0.385 e. The van der Waals surface area contributed by atoms with Crippen molar-refractivity contribution in [3.63, 3.8) is 0 Å². The summed E-state index contributed by atoms with van der Waals surface area (Å²) in [4.78, 5) is 0. The first-order valence-electron chi connectivity index (χ1n) is 4.39. The predicted octanol–water partition coefficient (Wildman–Crippen LogP) is 2.28. The van der Waals surface area contributed by atoms with E-state index in [9.17, 15) is 18.3 Å². The Morgan fingerprint density at radius 3 is 2.29 bits per heavy atom. The molecule has 0 saturated heterocycles. The summed E-state index contributed by atoms with van der Waals surface area (Å²) >= 11 is 5.41. The molecule has 0 aliphatic rings. The van der Waals surface area contributed by atoms with Crippen LogP contribution in [-0.4, -0.2) is 16.3 Å². The molecule has 92 valence electrons. The van der Waals surface area contributed by atoms with Gasteiger partial charge in [0, 0.05) is 0 Å². The number of benzene rings is 1. The lowest BCUT2D eigenvalue weighted by Gasteiger charge is -2.14. The third-order valence-electron chi connectivity index (χ3n) is 2.07. The number of aliphatic hydroxyl groups excluding tert-OH is 2. The highest BCUT2D eigenvalue weighted by atomic mass is 35.5. The molecule has 0 radical (unpaired) electrons. The minimum atomic E-state index is -4.59. The summed E-state index contributed by atoms with van der Waals surface area (Å²) in [6, 6.07) is 3.88. The van der Waals surface area contributed by atoms with Crippen molar-refractivity contribution >= 4 is 11.6 Å². The van der Waals surface area contributed by atoms with E-state index in [0.717, 1.165) is 12.1 Å². The number of alkyl halides is 3. The van der Waals surface area contributed by atoms with Gasteiger partial charge in [-0.05, 0) is 17.7 Å². The summed E-state index contributed by atoms with van der Waals surface area (Å²) in [7, 11) is 0. The molecule has 1 aromatic rings. The number of hydrogen-bond donors (Lipinski definition) is 2. The average Bonchev–Trinajstić information content (AvgIpc) is 2.25. The zero-order valence-corrected chi connectivity index (χ0v) is 9.00. The zero-order chi connectivity index (χ0) is 13.2. The predicted molar refractivity (Wildman–Crippen MR) is 53.0 cm³/mol. The van der Waals surface area contributed by atoms with Crippen molar-refractivity contribution in [2.45, 2.75) is 18.4 Å². The topological polar surface area (TPSA) is 64.2 Å². The first-order valence-corrected chi connectivity index (χ1v) is 4.77. The van der Waals surface area contributed by atoms with Crippen LogP contribution in [0.4, 0.5) is 13.2 Å². The van der Waals surface area contributed by atoms with Crippen LogP contribution in [0.5, 0.6) is 0 Å². The van der Waals surface area contributed by atoms with E-state index in [1.54, 1.807) is 0 Å². The van der Waals surface area contributed by atoms with Gasteiger partial charge >= 0.3 is 6.18 Å². The van der Waals surface area contributed by atoms with Crippen LogP contribution in [0.15, 0.2) is 18.2 Å². The van der Waals surface area contributed by atoms with Crippen molar-refractivity contribution in [2.75, 3.05) is 0 Å². The molecule has 0 fully saturated rings. The molecule has 0 spiro atoms. The highest BCUT2D eigenvalue weighted by Gasteiger charge is 2.33. The molecule has 2 N–H and O–H groups in total. The molecule has 3 nitrogen and oxygen atoms in total. The van der Waals surface area contributed by atoms with E-state index in [4.69, 9.17) is 22.0 Å². The normalized spacial score (nSPS) is 15.1. The highest BCUT2D eigenvalue weighted by Crippen LogP contribution is 2.36. The Morgan fingerprint density at radius 1 is 1.29 bits per heavy atom. The van der Waals surface area contributed by atoms with E-state index in [1.807, 2.05) is 0 Å². The van der Waals surface area contributed by atoms with Gasteiger partial charge in [0.1, 0.15) is 6.10 Å². The van der Waals surface area contributed by atoms with E-state index in [1.165, 1.54) is 6.07 Å². The lowest BCUT2D eigenvalue weighted by molar-refractivity contribution is -0.137. The van der Waals surface area contributed by atoms with Crippen LogP contribution in [-0.2, 0) is 6.18 Å². The quantitative estimate of drug-likeness (QED) is 0.806. The molecule has 17 heavy (non-hydrogen) atoms. The highest BCUT2D eigenvalue weighted by molar-refractivity contribution is 6.31. The van der Waals surface area contributed by atoms with Gasteiger partial charge in [0.25, 0.3) is 0 Å². The minimum Gasteiger partial charge on any atom is -0.385 e. The first kappa shape index (κ1) is 13.8. The van der Waals surface area contributed by atoms with Gasteiger partial charge in [0.2, 0.25) is 0 Å². The molecule has 1 rings (SSSR count). The van der Waals surface area contributed by atoms with Gasteiger partial charge in [-0.15, -0.1) is 0 Å². The maximum Gasteiger partial charge on any atom is 0.417 e. The molecule has 0 aliphatic heterocycles. The zero-order valence-electron chi connectivity index (χ0n) is 8.24. The number of rotatable bonds is 2. The van der Waals surface area contributed by atoms with Crippen LogP contribution in [0.2, 0.25) is 5.02 Å². The van der Waals surface area contributed by atoms with Crippen molar-refractivity contribution < 1.29 is 23.4 Å². The van der Waals surface area contributed by atoms with E-state index >= 15 is 0 Å². The minimum absolute atomic E-state index is 0.0583. The van der Waals surface area contributed by atoms with Crippen LogP contribution in [0.1, 0.15) is 17.2 Å². The Hall–Kier alpha value is -1.29. The number of nitrogens with zero attached hydrogens (tertiary/aromatic N) is 1. The monoisotopic (exact) mass is 265 g/mol. The Balaban J connectivity index is 3.10. The molecular formula is C10H7ClF3NO2. The Kier molecular flexibility index (Phi) is 3.98. The van der Waals surface area contributed by atoms with Gasteiger partial charge in [-0.2, -0.15) is 18.4 Å². The van der Waals surface area contributed by atoms with Gasteiger partial charge in [-0.1, -0.05) is 17.7 Å². The second kappa shape index (κ2) is 4.92. The molecule has 2 atom stereocenters. The lowest BCUT2D eigenvalue weighted by Crippen LogP contribution is -2.16. The average molecular weight is 266 g/mol. The van der Waals surface area contributed by atoms with Crippen LogP contribution in [0.3, 0.4) is 0 Å². The van der Waals surface area contributed by atoms with Gasteiger partial charge in [-0.25, -0.2) is 0 Å². The summed E-state index contributed by atoms with van der Waals surface area (Å²) in [5.41, 5.74) is -1.10. The fraction of sp³-hybridized carbons (Fsp3) is 0.300. The van der Waals surface area contributed by atoms with Crippen molar-refractivity contribution in [3.8, 4) is 6.07 Å². The molecule has 7 heteroatoms. The summed E-state index contributed by atoms with van der Waals surface area (Å²) < 4.78 is 37.1. The van der Waals surface area contributed by atoms with Gasteiger partial charge < -0.3 is 10.2 Å². The van der Waals surface area contributed by atoms with Crippen LogP contribution >= 0.6 is 11.6 Å². The molecule has 0 aromatic heterocycles. The number of hydrogen-bond acceptors (Lipinski definition) is 3. The fourth-order valence-corrected chi connectivity index (χ4v) is 1.49. The van der Waals surface area contributed by atoms with Gasteiger partial charge in [0.15, 0.2) is 6.10 Å². The van der Waals surface area contributed by atoms with Crippen LogP contribution in [0.25, 0.3) is 0 Å². The van der Waals surface area contributed by atoms with Crippen molar-refractivity contribution in [3.05, 3.63) is 34.3 Å². The summed E-state index contributed by atoms with van der Waals surface area (Å²) in [5.74, 6) is 0. The second-order valence-electron chi connectivity index (χ2n) is 3.26. The molecule has 0 saturated carbocycles.